The summed E-state index contributed by atoms with van der Waals surface area (Å²) in [7, 11) is 0. The number of nitrogens with one attached hydrogen (secondary N) is 2. The van der Waals surface area contributed by atoms with Gasteiger partial charge in [-0.1, -0.05) is 13.8 Å². The molecule has 6 nitrogen and oxygen atoms in total. The third-order valence-electron chi connectivity index (χ3n) is 2.28. The Bertz CT molecular complexity index is 373. The van der Waals surface area contributed by atoms with E-state index in [1.807, 2.05) is 13.8 Å². The minimum Gasteiger partial charge on any atom is -0.395 e. The number of nitrogens with zero attached hydrogens (tertiary/aromatic N) is 1. The van der Waals surface area contributed by atoms with E-state index < -0.39 is 0 Å². The van der Waals surface area contributed by atoms with Gasteiger partial charge in [-0.15, -0.1) is 0 Å². The van der Waals surface area contributed by atoms with Crippen molar-refractivity contribution in [1.82, 2.24) is 15.5 Å². The van der Waals surface area contributed by atoms with Gasteiger partial charge >= 0.3 is 0 Å². The molecule has 0 fully saturated rings. The molecule has 0 aliphatic heterocycles. The zero-order chi connectivity index (χ0) is 12.3. The number of rotatable bonds is 4. The molecule has 0 bridgehead atoms. The Morgan fingerprint density at radius 1 is 1.56 bits per heavy atom. The van der Waals surface area contributed by atoms with E-state index in [0.29, 0.717) is 5.69 Å². The number of aliphatic hydroxyl groups excluding tert-OH is 1. The molecule has 0 aliphatic carbocycles. The predicted molar refractivity (Wildman–Crippen MR) is 61.1 cm³/mol. The van der Waals surface area contributed by atoms with E-state index in [1.54, 1.807) is 6.92 Å². The van der Waals surface area contributed by atoms with Gasteiger partial charge in [-0.25, -0.2) is 0 Å². The number of hydrogen-bond acceptors (Lipinski definition) is 4. The fourth-order valence-electron chi connectivity index (χ4n) is 1.32. The fraction of sp³-hybridized carbons (Fsp3) is 0.600. The standard InChI is InChI=1S/C10H18N4O2/c1-5(2)8-7(11)9(14-13-8)10(16)12-6(3)4-15/h5-6,15H,4,11H2,1-3H3,(H,12,16)(H,13,14)/t6-/m1/s1. The number of hydrogen-bond donors (Lipinski definition) is 4. The number of nitrogens with two attached hydrogens (primary N) is 1. The summed E-state index contributed by atoms with van der Waals surface area (Å²) in [5.41, 5.74) is 7.11. The van der Waals surface area contributed by atoms with E-state index in [2.05, 4.69) is 15.5 Å². The number of aromatic amines is 1. The molecule has 1 rings (SSSR count). The topological polar surface area (TPSA) is 104 Å². The number of H-pyrrole nitrogens is 1. The maximum atomic E-state index is 11.7. The summed E-state index contributed by atoms with van der Waals surface area (Å²) in [5.74, 6) is -0.188. The van der Waals surface area contributed by atoms with Gasteiger partial charge < -0.3 is 16.2 Å². The third-order valence-corrected chi connectivity index (χ3v) is 2.28. The predicted octanol–water partition coefficient (Wildman–Crippen LogP) is 0.226. The molecule has 5 N–H and O–H groups in total. The summed E-state index contributed by atoms with van der Waals surface area (Å²) in [6, 6.07) is -0.314. The summed E-state index contributed by atoms with van der Waals surface area (Å²) in [4.78, 5) is 11.7. The van der Waals surface area contributed by atoms with Crippen LogP contribution in [-0.2, 0) is 0 Å². The number of aliphatic hydroxyl groups is 1. The monoisotopic (exact) mass is 226 g/mol. The summed E-state index contributed by atoms with van der Waals surface area (Å²) >= 11 is 0. The van der Waals surface area contributed by atoms with Crippen molar-refractivity contribution >= 4 is 11.6 Å². The number of amides is 1. The molecule has 0 aromatic carbocycles. The van der Waals surface area contributed by atoms with Crippen molar-refractivity contribution in [3.63, 3.8) is 0 Å². The fourth-order valence-corrected chi connectivity index (χ4v) is 1.32. The van der Waals surface area contributed by atoms with Gasteiger partial charge in [0.1, 0.15) is 0 Å². The highest BCUT2D eigenvalue weighted by Crippen LogP contribution is 2.21. The largest absolute Gasteiger partial charge is 0.395 e. The minimum absolute atomic E-state index is 0.118. The average Bonchev–Trinajstić information content (AvgIpc) is 2.59. The van der Waals surface area contributed by atoms with Crippen molar-refractivity contribution in [2.75, 3.05) is 12.3 Å². The molecule has 16 heavy (non-hydrogen) atoms. The van der Waals surface area contributed by atoms with Gasteiger partial charge in [0.25, 0.3) is 5.91 Å². The van der Waals surface area contributed by atoms with Gasteiger partial charge in [-0.05, 0) is 12.8 Å². The van der Waals surface area contributed by atoms with Crippen LogP contribution in [0.3, 0.4) is 0 Å². The molecular formula is C10H18N4O2. The van der Waals surface area contributed by atoms with E-state index in [-0.39, 0.29) is 30.2 Å². The molecule has 0 radical (unpaired) electrons. The maximum absolute atomic E-state index is 11.7. The Balaban J connectivity index is 2.85. The summed E-state index contributed by atoms with van der Waals surface area (Å²) in [5, 5.41) is 18.0. The van der Waals surface area contributed by atoms with Gasteiger partial charge in [-0.3, -0.25) is 9.89 Å². The van der Waals surface area contributed by atoms with Crippen molar-refractivity contribution < 1.29 is 9.90 Å². The van der Waals surface area contributed by atoms with E-state index in [1.165, 1.54) is 0 Å². The number of aromatic nitrogens is 2. The summed E-state index contributed by atoms with van der Waals surface area (Å²) in [6.45, 7) is 5.50. The first kappa shape index (κ1) is 12.5. The first-order valence-electron chi connectivity index (χ1n) is 5.22. The van der Waals surface area contributed by atoms with Crippen molar-refractivity contribution in [2.45, 2.75) is 32.7 Å². The number of nitrogen functional groups attached to an aromatic ring is 1. The second-order valence-corrected chi connectivity index (χ2v) is 4.11. The van der Waals surface area contributed by atoms with Crippen molar-refractivity contribution in [3.05, 3.63) is 11.4 Å². The van der Waals surface area contributed by atoms with Crippen molar-refractivity contribution in [1.29, 1.82) is 0 Å². The van der Waals surface area contributed by atoms with Gasteiger partial charge in [0.15, 0.2) is 5.69 Å². The highest BCUT2D eigenvalue weighted by Gasteiger charge is 2.19. The van der Waals surface area contributed by atoms with Crippen LogP contribution in [0.25, 0.3) is 0 Å². The van der Waals surface area contributed by atoms with Crippen LogP contribution >= 0.6 is 0 Å². The van der Waals surface area contributed by atoms with Crippen molar-refractivity contribution in [2.24, 2.45) is 0 Å². The number of carbonyl (C=O) groups excluding carboxylic acids is 1. The van der Waals surface area contributed by atoms with Crippen LogP contribution in [0.15, 0.2) is 0 Å². The Kier molecular flexibility index (Phi) is 3.89. The Morgan fingerprint density at radius 2 is 2.19 bits per heavy atom. The molecule has 0 saturated carbocycles. The zero-order valence-corrected chi connectivity index (χ0v) is 9.74. The molecule has 90 valence electrons. The number of anilines is 1. The van der Waals surface area contributed by atoms with Crippen LogP contribution < -0.4 is 11.1 Å². The summed E-state index contributed by atoms with van der Waals surface area (Å²) in [6.07, 6.45) is 0. The molecule has 1 aromatic rings. The van der Waals surface area contributed by atoms with E-state index in [0.717, 1.165) is 5.69 Å². The second kappa shape index (κ2) is 4.98. The molecule has 0 saturated heterocycles. The normalized spacial score (nSPS) is 12.8. The molecule has 1 atom stereocenters. The quantitative estimate of drug-likeness (QED) is 0.589. The Labute approximate surface area is 94.2 Å². The van der Waals surface area contributed by atoms with Gasteiger partial charge in [0, 0.05) is 6.04 Å². The molecule has 0 unspecified atom stereocenters. The van der Waals surface area contributed by atoms with Crippen LogP contribution in [-0.4, -0.2) is 33.9 Å². The first-order valence-corrected chi connectivity index (χ1v) is 5.22. The van der Waals surface area contributed by atoms with Crippen molar-refractivity contribution in [3.8, 4) is 0 Å². The number of carbonyl (C=O) groups is 1. The van der Waals surface area contributed by atoms with Gasteiger partial charge in [0.05, 0.1) is 18.0 Å². The van der Waals surface area contributed by atoms with Gasteiger partial charge in [-0.2, -0.15) is 5.10 Å². The molecule has 6 heteroatoms. The zero-order valence-electron chi connectivity index (χ0n) is 9.74. The Morgan fingerprint density at radius 3 is 2.62 bits per heavy atom. The van der Waals surface area contributed by atoms with Crippen LogP contribution in [0.4, 0.5) is 5.69 Å². The molecular weight excluding hydrogens is 208 g/mol. The molecule has 0 aliphatic rings. The maximum Gasteiger partial charge on any atom is 0.274 e. The first-order chi connectivity index (χ1) is 7.47. The average molecular weight is 226 g/mol. The van der Waals surface area contributed by atoms with E-state index in [4.69, 9.17) is 10.8 Å². The third kappa shape index (κ3) is 2.52. The lowest BCUT2D eigenvalue weighted by Gasteiger charge is -2.09. The second-order valence-electron chi connectivity index (χ2n) is 4.11. The van der Waals surface area contributed by atoms with Crippen LogP contribution in [0.1, 0.15) is 42.9 Å². The Hall–Kier alpha value is -1.56. The van der Waals surface area contributed by atoms with Crippen LogP contribution in [0.2, 0.25) is 0 Å². The lowest BCUT2D eigenvalue weighted by atomic mass is 10.1. The van der Waals surface area contributed by atoms with E-state index in [9.17, 15) is 4.79 Å². The van der Waals surface area contributed by atoms with E-state index >= 15 is 0 Å². The molecule has 1 aromatic heterocycles. The molecule has 0 spiro atoms. The SMILES string of the molecule is CC(C)c1[nH]nc(C(=O)N[C@H](C)CO)c1N. The molecule has 1 amide bonds. The minimum atomic E-state index is -0.373. The van der Waals surface area contributed by atoms with Crippen LogP contribution in [0.5, 0.6) is 0 Å². The summed E-state index contributed by atoms with van der Waals surface area (Å²) < 4.78 is 0. The lowest BCUT2D eigenvalue weighted by Crippen LogP contribution is -2.35. The molecule has 1 heterocycles. The highest BCUT2D eigenvalue weighted by atomic mass is 16.3. The highest BCUT2D eigenvalue weighted by molar-refractivity contribution is 5.97. The van der Waals surface area contributed by atoms with Gasteiger partial charge in [0.2, 0.25) is 0 Å². The smallest absolute Gasteiger partial charge is 0.274 e. The van der Waals surface area contributed by atoms with Crippen LogP contribution in [0, 0.1) is 0 Å². The lowest BCUT2D eigenvalue weighted by molar-refractivity contribution is 0.0918.